The van der Waals surface area contributed by atoms with Gasteiger partial charge in [-0.1, -0.05) is 23.2 Å². The van der Waals surface area contributed by atoms with E-state index in [2.05, 4.69) is 47.4 Å². The first-order valence-electron chi connectivity index (χ1n) is 6.82. The van der Waals surface area contributed by atoms with Crippen LogP contribution >= 0.6 is 66.4 Å². The van der Waals surface area contributed by atoms with E-state index in [4.69, 9.17) is 23.2 Å². The first kappa shape index (κ1) is 18.7. The maximum atomic E-state index is 9.70. The van der Waals surface area contributed by atoms with Crippen molar-refractivity contribution in [3.63, 3.8) is 0 Å². The Labute approximate surface area is 174 Å². The first-order chi connectivity index (χ1) is 11.9. The third-order valence-corrected chi connectivity index (χ3v) is 5.63. The molecular weight excluding hydrogens is 513 g/mol. The second kappa shape index (κ2) is 8.05. The van der Waals surface area contributed by atoms with Crippen molar-refractivity contribution in [1.82, 2.24) is 4.98 Å². The first-order valence-corrected chi connectivity index (χ1v) is 10.0. The number of halogens is 4. The third kappa shape index (κ3) is 4.54. The molecule has 25 heavy (non-hydrogen) atoms. The molecule has 0 saturated heterocycles. The van der Waals surface area contributed by atoms with Crippen molar-refractivity contribution in [3.05, 3.63) is 60.3 Å². The maximum absolute atomic E-state index is 9.70. The molecule has 4 nitrogen and oxygen atoms in total. The van der Waals surface area contributed by atoms with E-state index < -0.39 is 0 Å². The number of thiazole rings is 1. The number of phenols is 1. The summed E-state index contributed by atoms with van der Waals surface area (Å²) in [6.07, 6.45) is 1.63. The Hall–Kier alpha value is -1.12. The molecule has 0 atom stereocenters. The number of hydrazone groups is 1. The number of nitrogens with one attached hydrogen (secondary N) is 1. The van der Waals surface area contributed by atoms with Gasteiger partial charge in [-0.3, -0.25) is 5.43 Å². The Bertz CT molecular complexity index is 939. The van der Waals surface area contributed by atoms with Crippen LogP contribution in [0.15, 0.2) is 49.8 Å². The van der Waals surface area contributed by atoms with E-state index in [0.29, 0.717) is 24.1 Å². The lowest BCUT2D eigenvalue weighted by atomic mass is 10.2. The predicted molar refractivity (Wildman–Crippen MR) is 112 cm³/mol. The Kier molecular flexibility index (Phi) is 6.01. The molecule has 0 aliphatic rings. The molecule has 2 aromatic carbocycles. The van der Waals surface area contributed by atoms with Gasteiger partial charge in [0, 0.05) is 16.0 Å². The molecule has 1 heterocycles. The van der Waals surface area contributed by atoms with Gasteiger partial charge in [-0.25, -0.2) is 4.98 Å². The standard InChI is InChI=1S/C16H9Br2Cl2N3OS/c17-11-3-8(4-12(18)15(11)24)6-21-23-16-22-14(7-25-16)10-2-1-9(19)5-13(10)20/h1-7,24H,(H,22,23). The molecule has 0 aliphatic carbocycles. The fraction of sp³-hybridized carbons (Fsp3) is 0. The van der Waals surface area contributed by atoms with Crippen molar-refractivity contribution in [2.24, 2.45) is 5.10 Å². The summed E-state index contributed by atoms with van der Waals surface area (Å²) in [7, 11) is 0. The number of benzene rings is 2. The lowest BCUT2D eigenvalue weighted by Gasteiger charge is -2.02. The summed E-state index contributed by atoms with van der Waals surface area (Å²) in [6, 6.07) is 8.80. The Morgan fingerprint density at radius 3 is 2.56 bits per heavy atom. The van der Waals surface area contributed by atoms with Crippen LogP contribution in [0.25, 0.3) is 11.3 Å². The molecule has 9 heteroatoms. The molecule has 0 amide bonds. The number of hydrogen-bond donors (Lipinski definition) is 2. The van der Waals surface area contributed by atoms with E-state index in [1.165, 1.54) is 11.3 Å². The van der Waals surface area contributed by atoms with Gasteiger partial charge >= 0.3 is 0 Å². The van der Waals surface area contributed by atoms with E-state index >= 15 is 0 Å². The summed E-state index contributed by atoms with van der Waals surface area (Å²) in [5, 5.41) is 17.5. The molecule has 2 N–H and O–H groups in total. The van der Waals surface area contributed by atoms with Gasteiger partial charge in [0.25, 0.3) is 0 Å². The van der Waals surface area contributed by atoms with Gasteiger partial charge in [-0.15, -0.1) is 11.3 Å². The fourth-order valence-electron chi connectivity index (χ4n) is 1.97. The zero-order valence-corrected chi connectivity index (χ0v) is 17.8. The lowest BCUT2D eigenvalue weighted by molar-refractivity contribution is 0.468. The van der Waals surface area contributed by atoms with E-state index in [1.54, 1.807) is 30.5 Å². The number of anilines is 1. The molecule has 1 aromatic heterocycles. The molecule has 0 bridgehead atoms. The van der Waals surface area contributed by atoms with Crippen molar-refractivity contribution in [1.29, 1.82) is 0 Å². The van der Waals surface area contributed by atoms with Crippen LogP contribution < -0.4 is 5.43 Å². The zero-order valence-electron chi connectivity index (χ0n) is 12.3. The van der Waals surface area contributed by atoms with Crippen LogP contribution in [-0.2, 0) is 0 Å². The topological polar surface area (TPSA) is 57.5 Å². The molecule has 0 radical (unpaired) electrons. The number of hydrogen-bond acceptors (Lipinski definition) is 5. The van der Waals surface area contributed by atoms with Crippen LogP contribution in [0.3, 0.4) is 0 Å². The van der Waals surface area contributed by atoms with Gasteiger partial charge in [0.2, 0.25) is 5.13 Å². The molecular formula is C16H9Br2Cl2N3OS. The largest absolute Gasteiger partial charge is 0.506 e. The van der Waals surface area contributed by atoms with E-state index in [0.717, 1.165) is 16.8 Å². The van der Waals surface area contributed by atoms with Crippen LogP contribution in [0, 0.1) is 0 Å². The molecule has 3 aromatic rings. The Balaban J connectivity index is 1.74. The van der Waals surface area contributed by atoms with E-state index in [-0.39, 0.29) is 5.75 Å². The minimum absolute atomic E-state index is 0.148. The molecule has 0 aliphatic heterocycles. The summed E-state index contributed by atoms with van der Waals surface area (Å²) < 4.78 is 1.16. The summed E-state index contributed by atoms with van der Waals surface area (Å²) in [5.41, 5.74) is 5.25. The van der Waals surface area contributed by atoms with Crippen molar-refractivity contribution in [3.8, 4) is 17.0 Å². The third-order valence-electron chi connectivity index (χ3n) is 3.12. The smallest absolute Gasteiger partial charge is 0.203 e. The minimum Gasteiger partial charge on any atom is -0.506 e. The van der Waals surface area contributed by atoms with Gasteiger partial charge in [0.1, 0.15) is 5.75 Å². The van der Waals surface area contributed by atoms with Crippen LogP contribution in [0.2, 0.25) is 10.0 Å². The molecule has 0 spiro atoms. The maximum Gasteiger partial charge on any atom is 0.203 e. The second-order valence-corrected chi connectivity index (χ2v) is 8.28. The highest BCUT2D eigenvalue weighted by atomic mass is 79.9. The average Bonchev–Trinajstić information content (AvgIpc) is 3.01. The van der Waals surface area contributed by atoms with Crippen LogP contribution in [0.5, 0.6) is 5.75 Å². The van der Waals surface area contributed by atoms with Crippen molar-refractivity contribution in [2.75, 3.05) is 5.43 Å². The number of aromatic nitrogens is 1. The summed E-state index contributed by atoms with van der Waals surface area (Å²) in [6.45, 7) is 0. The average molecular weight is 522 g/mol. The highest BCUT2D eigenvalue weighted by Crippen LogP contribution is 2.33. The number of phenolic OH excluding ortho intramolecular Hbond substituents is 1. The summed E-state index contributed by atoms with van der Waals surface area (Å²) in [4.78, 5) is 4.46. The SMILES string of the molecule is Oc1c(Br)cc(C=NNc2nc(-c3ccc(Cl)cc3Cl)cs2)cc1Br. The number of rotatable bonds is 4. The van der Waals surface area contributed by atoms with Gasteiger partial charge < -0.3 is 5.11 Å². The number of aromatic hydroxyl groups is 1. The molecule has 0 saturated carbocycles. The Morgan fingerprint density at radius 1 is 1.16 bits per heavy atom. The molecule has 0 unspecified atom stereocenters. The monoisotopic (exact) mass is 519 g/mol. The molecule has 3 rings (SSSR count). The summed E-state index contributed by atoms with van der Waals surface area (Å²) >= 11 is 20.1. The summed E-state index contributed by atoms with van der Waals surface area (Å²) in [5.74, 6) is 0.148. The van der Waals surface area contributed by atoms with Crippen LogP contribution in [-0.4, -0.2) is 16.3 Å². The van der Waals surface area contributed by atoms with Gasteiger partial charge in [-0.05, 0) is 67.8 Å². The minimum atomic E-state index is 0.148. The van der Waals surface area contributed by atoms with Gasteiger partial charge in [0.05, 0.1) is 25.9 Å². The van der Waals surface area contributed by atoms with E-state index in [9.17, 15) is 5.11 Å². The Morgan fingerprint density at radius 2 is 1.88 bits per heavy atom. The van der Waals surface area contributed by atoms with Gasteiger partial charge in [0.15, 0.2) is 0 Å². The normalized spacial score (nSPS) is 11.2. The molecule has 0 fully saturated rings. The second-order valence-electron chi connectivity index (χ2n) is 4.87. The predicted octanol–water partition coefficient (Wildman–Crippen LogP) is 6.79. The van der Waals surface area contributed by atoms with Gasteiger partial charge in [-0.2, -0.15) is 5.10 Å². The zero-order chi connectivity index (χ0) is 18.0. The highest BCUT2D eigenvalue weighted by molar-refractivity contribution is 9.11. The van der Waals surface area contributed by atoms with Crippen molar-refractivity contribution >= 4 is 77.7 Å². The van der Waals surface area contributed by atoms with Crippen LogP contribution in [0.4, 0.5) is 5.13 Å². The van der Waals surface area contributed by atoms with E-state index in [1.807, 2.05) is 11.4 Å². The number of nitrogens with zero attached hydrogens (tertiary/aromatic N) is 2. The fourth-order valence-corrected chi connectivity index (χ4v) is 4.35. The van der Waals surface area contributed by atoms with Crippen LogP contribution in [0.1, 0.15) is 5.56 Å². The molecule has 128 valence electrons. The lowest BCUT2D eigenvalue weighted by Crippen LogP contribution is -1.91. The van der Waals surface area contributed by atoms with Crippen molar-refractivity contribution < 1.29 is 5.11 Å². The quantitative estimate of drug-likeness (QED) is 0.293. The van der Waals surface area contributed by atoms with Crippen molar-refractivity contribution in [2.45, 2.75) is 0 Å². The highest BCUT2D eigenvalue weighted by Gasteiger charge is 2.09.